The van der Waals surface area contributed by atoms with Crippen LogP contribution < -0.4 is 4.72 Å². The van der Waals surface area contributed by atoms with E-state index in [1.54, 1.807) is 13.8 Å². The minimum absolute atomic E-state index is 0.241. The number of carboxylic acid groups (broad SMARTS) is 1. The van der Waals surface area contributed by atoms with Crippen LogP contribution in [0, 0.1) is 24.0 Å². The number of nitro benzene ring substituents is 1. The number of anilines is 1. The molecule has 0 aliphatic carbocycles. The smallest absolute Gasteiger partial charge is 0.320 e. The molecule has 0 saturated heterocycles. The molecule has 0 heterocycles. The van der Waals surface area contributed by atoms with E-state index in [9.17, 15) is 23.3 Å². The quantitative estimate of drug-likeness (QED) is 0.615. The Balaban J connectivity index is 3.24. The average molecular weight is 288 g/mol. The first-order chi connectivity index (χ1) is 8.62. The van der Waals surface area contributed by atoms with E-state index in [-0.39, 0.29) is 5.69 Å². The summed E-state index contributed by atoms with van der Waals surface area (Å²) in [6, 6.07) is 2.53. The van der Waals surface area contributed by atoms with E-state index < -0.39 is 32.4 Å². The summed E-state index contributed by atoms with van der Waals surface area (Å²) in [7, 11) is -4.17. The first-order valence-electron chi connectivity index (χ1n) is 5.10. The van der Waals surface area contributed by atoms with Gasteiger partial charge in [-0.3, -0.25) is 19.6 Å². The summed E-state index contributed by atoms with van der Waals surface area (Å²) in [5, 5.41) is 19.3. The van der Waals surface area contributed by atoms with E-state index in [2.05, 4.69) is 0 Å². The van der Waals surface area contributed by atoms with Gasteiger partial charge in [0.15, 0.2) is 5.75 Å². The Kier molecular flexibility index (Phi) is 4.10. The highest BCUT2D eigenvalue weighted by atomic mass is 32.2. The molecule has 0 spiro atoms. The molecular weight excluding hydrogens is 276 g/mol. The molecule has 0 aliphatic heterocycles. The minimum atomic E-state index is -4.17. The number of nitrogens with one attached hydrogen (secondary N) is 1. The van der Waals surface area contributed by atoms with Gasteiger partial charge in [-0.2, -0.15) is 0 Å². The third-order valence-electron chi connectivity index (χ3n) is 2.39. The van der Waals surface area contributed by atoms with Crippen LogP contribution in [0.5, 0.6) is 0 Å². The molecule has 0 saturated carbocycles. The summed E-state index contributed by atoms with van der Waals surface area (Å²) >= 11 is 0. The van der Waals surface area contributed by atoms with E-state index in [0.29, 0.717) is 11.1 Å². The molecule has 104 valence electrons. The summed E-state index contributed by atoms with van der Waals surface area (Å²) in [5.74, 6) is -2.70. The Morgan fingerprint density at radius 2 is 1.89 bits per heavy atom. The number of nitro groups is 1. The Morgan fingerprint density at radius 1 is 1.37 bits per heavy atom. The van der Waals surface area contributed by atoms with Crippen molar-refractivity contribution in [1.82, 2.24) is 0 Å². The lowest BCUT2D eigenvalue weighted by atomic mass is 10.1. The maximum Gasteiger partial charge on any atom is 0.320 e. The van der Waals surface area contributed by atoms with Gasteiger partial charge < -0.3 is 5.11 Å². The number of rotatable bonds is 5. The van der Waals surface area contributed by atoms with Crippen LogP contribution in [0.25, 0.3) is 0 Å². The zero-order valence-corrected chi connectivity index (χ0v) is 11.0. The molecule has 1 aromatic carbocycles. The fraction of sp³-hybridized carbons (Fsp3) is 0.300. The van der Waals surface area contributed by atoms with Crippen molar-refractivity contribution in [3.05, 3.63) is 33.4 Å². The number of aliphatic carboxylic acids is 1. The molecule has 9 heteroatoms. The van der Waals surface area contributed by atoms with Crippen LogP contribution in [0.2, 0.25) is 0 Å². The Bertz CT molecular complexity index is 638. The molecule has 0 aromatic heterocycles. The minimum Gasteiger partial charge on any atom is -0.480 e. The molecule has 0 bridgehead atoms. The van der Waals surface area contributed by atoms with E-state index in [1.807, 2.05) is 4.72 Å². The zero-order valence-electron chi connectivity index (χ0n) is 10.2. The van der Waals surface area contributed by atoms with Crippen molar-refractivity contribution < 1.29 is 23.2 Å². The Hall–Kier alpha value is -2.16. The number of hydrogen-bond donors (Lipinski definition) is 2. The monoisotopic (exact) mass is 288 g/mol. The van der Waals surface area contributed by atoms with E-state index in [1.165, 1.54) is 12.1 Å². The predicted octanol–water partition coefficient (Wildman–Crippen LogP) is 1.04. The summed E-state index contributed by atoms with van der Waals surface area (Å²) in [4.78, 5) is 20.5. The van der Waals surface area contributed by atoms with Crippen molar-refractivity contribution in [2.24, 2.45) is 0 Å². The molecule has 0 radical (unpaired) electrons. The number of hydrogen-bond acceptors (Lipinski definition) is 5. The maximum atomic E-state index is 11.5. The van der Waals surface area contributed by atoms with Gasteiger partial charge in [0.05, 0.1) is 4.92 Å². The van der Waals surface area contributed by atoms with Crippen molar-refractivity contribution in [3.63, 3.8) is 0 Å². The van der Waals surface area contributed by atoms with E-state index in [4.69, 9.17) is 5.11 Å². The van der Waals surface area contributed by atoms with Crippen molar-refractivity contribution in [3.8, 4) is 0 Å². The van der Waals surface area contributed by atoms with Crippen LogP contribution in [0.3, 0.4) is 0 Å². The van der Waals surface area contributed by atoms with E-state index >= 15 is 0 Å². The second-order valence-electron chi connectivity index (χ2n) is 3.97. The normalized spacial score (nSPS) is 11.1. The highest BCUT2D eigenvalue weighted by Gasteiger charge is 2.22. The molecule has 2 N–H and O–H groups in total. The fourth-order valence-electron chi connectivity index (χ4n) is 1.40. The lowest BCUT2D eigenvalue weighted by Crippen LogP contribution is -2.23. The average Bonchev–Trinajstić information content (AvgIpc) is 2.19. The van der Waals surface area contributed by atoms with Crippen molar-refractivity contribution in [2.75, 3.05) is 10.5 Å². The van der Waals surface area contributed by atoms with Gasteiger partial charge in [0, 0.05) is 6.07 Å². The van der Waals surface area contributed by atoms with Gasteiger partial charge in [-0.15, -0.1) is 0 Å². The number of carboxylic acids is 1. The van der Waals surface area contributed by atoms with Crippen LogP contribution in [-0.4, -0.2) is 30.2 Å². The molecule has 19 heavy (non-hydrogen) atoms. The number of nitrogens with zero attached hydrogens (tertiary/aromatic N) is 1. The summed E-state index contributed by atoms with van der Waals surface area (Å²) < 4.78 is 24.9. The highest BCUT2D eigenvalue weighted by Crippen LogP contribution is 2.28. The first-order valence-corrected chi connectivity index (χ1v) is 6.75. The summed E-state index contributed by atoms with van der Waals surface area (Å²) in [5.41, 5.74) is 0.623. The lowest BCUT2D eigenvalue weighted by Gasteiger charge is -2.09. The lowest BCUT2D eigenvalue weighted by molar-refractivity contribution is -0.383. The van der Waals surface area contributed by atoms with Gasteiger partial charge in [-0.1, -0.05) is 0 Å². The molecule has 0 unspecified atom stereocenters. The van der Waals surface area contributed by atoms with Gasteiger partial charge in [0.25, 0.3) is 5.69 Å². The summed E-state index contributed by atoms with van der Waals surface area (Å²) in [6.07, 6.45) is 0. The molecule has 0 amide bonds. The second kappa shape index (κ2) is 5.22. The SMILES string of the molecule is Cc1cc(NS(=O)(=O)CC(=O)O)c([N+](=O)[O-])cc1C. The highest BCUT2D eigenvalue weighted by molar-refractivity contribution is 7.93. The van der Waals surface area contributed by atoms with Crippen molar-refractivity contribution in [1.29, 1.82) is 0 Å². The topological polar surface area (TPSA) is 127 Å². The first kappa shape index (κ1) is 14.9. The van der Waals surface area contributed by atoms with Crippen molar-refractivity contribution in [2.45, 2.75) is 13.8 Å². The third-order valence-corrected chi connectivity index (χ3v) is 3.55. The van der Waals surface area contributed by atoms with Crippen LogP contribution in [0.4, 0.5) is 11.4 Å². The van der Waals surface area contributed by atoms with Gasteiger partial charge in [-0.25, -0.2) is 8.42 Å². The number of aryl methyl sites for hydroxylation is 2. The molecule has 0 atom stereocenters. The fourth-order valence-corrected chi connectivity index (χ4v) is 2.30. The van der Waals surface area contributed by atoms with Crippen LogP contribution in [0.15, 0.2) is 12.1 Å². The second-order valence-corrected chi connectivity index (χ2v) is 5.69. The predicted molar refractivity (Wildman–Crippen MR) is 67.6 cm³/mol. The molecule has 1 aromatic rings. The van der Waals surface area contributed by atoms with Crippen LogP contribution in [-0.2, 0) is 14.8 Å². The molecule has 8 nitrogen and oxygen atoms in total. The molecule has 0 aliphatic rings. The van der Waals surface area contributed by atoms with Gasteiger partial charge >= 0.3 is 5.97 Å². The molecular formula is C10H12N2O6S. The Morgan fingerprint density at radius 3 is 2.37 bits per heavy atom. The van der Waals surface area contributed by atoms with Crippen LogP contribution >= 0.6 is 0 Å². The molecule has 1 rings (SSSR count). The standard InChI is InChI=1S/C10H12N2O6S/c1-6-3-8(9(12(15)16)4-7(6)2)11-19(17,18)5-10(13)14/h3-4,11H,5H2,1-2H3,(H,13,14). The van der Waals surface area contributed by atoms with Crippen molar-refractivity contribution >= 4 is 27.4 Å². The van der Waals surface area contributed by atoms with Gasteiger partial charge in [0.2, 0.25) is 10.0 Å². The van der Waals surface area contributed by atoms with Crippen LogP contribution in [0.1, 0.15) is 11.1 Å². The molecule has 0 fully saturated rings. The zero-order chi connectivity index (χ0) is 14.8. The summed E-state index contributed by atoms with van der Waals surface area (Å²) in [6.45, 7) is 3.31. The number of carbonyl (C=O) groups is 1. The maximum absolute atomic E-state index is 11.5. The van der Waals surface area contributed by atoms with E-state index in [0.717, 1.165) is 0 Å². The van der Waals surface area contributed by atoms with Gasteiger partial charge in [-0.05, 0) is 31.0 Å². The number of sulfonamides is 1. The number of benzene rings is 1. The van der Waals surface area contributed by atoms with Gasteiger partial charge in [0.1, 0.15) is 5.69 Å². The largest absolute Gasteiger partial charge is 0.480 e. The Labute approximate surface area is 109 Å². The third kappa shape index (κ3) is 3.91.